The molecule has 14 heavy (non-hydrogen) atoms. The number of hydrogen-bond acceptors (Lipinski definition) is 1. The van der Waals surface area contributed by atoms with E-state index in [0.717, 1.165) is 6.07 Å². The predicted octanol–water partition coefficient (Wildman–Crippen LogP) is 2.83. The zero-order valence-corrected chi connectivity index (χ0v) is 7.40. The summed E-state index contributed by atoms with van der Waals surface area (Å²) in [6.07, 6.45) is -2.36. The summed E-state index contributed by atoms with van der Waals surface area (Å²) >= 11 is 4.51. The van der Waals surface area contributed by atoms with Crippen molar-refractivity contribution < 1.29 is 22.7 Å². The van der Waals surface area contributed by atoms with Gasteiger partial charge in [-0.25, -0.2) is 8.78 Å². The Bertz CT molecular complexity index is 337. The van der Waals surface area contributed by atoms with Crippen LogP contribution in [-0.4, -0.2) is 10.5 Å². The SMILES string of the molecule is OC(c1ccc(F)c(F)c1)C(F)(F)Cl. The Hall–Kier alpha value is -0.810. The van der Waals surface area contributed by atoms with E-state index in [4.69, 9.17) is 5.11 Å². The molecule has 1 unspecified atom stereocenters. The molecule has 0 radical (unpaired) electrons. The molecule has 1 N–H and O–H groups in total. The Morgan fingerprint density at radius 2 is 1.79 bits per heavy atom. The third-order valence-corrected chi connectivity index (χ3v) is 1.78. The van der Waals surface area contributed by atoms with Gasteiger partial charge in [0.15, 0.2) is 17.7 Å². The number of aliphatic hydroxyl groups is 1. The van der Waals surface area contributed by atoms with E-state index in [1.54, 1.807) is 0 Å². The van der Waals surface area contributed by atoms with E-state index >= 15 is 0 Å². The molecular weight excluding hydrogens is 224 g/mol. The zero-order valence-electron chi connectivity index (χ0n) is 6.65. The van der Waals surface area contributed by atoms with Crippen LogP contribution in [0.5, 0.6) is 0 Å². The molecule has 0 saturated carbocycles. The summed E-state index contributed by atoms with van der Waals surface area (Å²) < 4.78 is 49.6. The lowest BCUT2D eigenvalue weighted by atomic mass is 10.1. The molecule has 0 spiro atoms. The number of rotatable bonds is 2. The lowest BCUT2D eigenvalue weighted by Gasteiger charge is -2.15. The van der Waals surface area contributed by atoms with Crippen molar-refractivity contribution >= 4 is 11.6 Å². The largest absolute Gasteiger partial charge is 0.381 e. The number of benzene rings is 1. The second-order valence-electron chi connectivity index (χ2n) is 2.62. The van der Waals surface area contributed by atoms with Crippen LogP contribution in [0.15, 0.2) is 18.2 Å². The highest BCUT2D eigenvalue weighted by atomic mass is 35.5. The molecule has 0 fully saturated rings. The van der Waals surface area contributed by atoms with Crippen LogP contribution in [0, 0.1) is 11.6 Å². The molecular formula is C8H5ClF4O. The first-order chi connectivity index (χ1) is 6.32. The van der Waals surface area contributed by atoms with Crippen molar-refractivity contribution in [2.24, 2.45) is 0 Å². The molecule has 0 saturated heterocycles. The second-order valence-corrected chi connectivity index (χ2v) is 3.12. The second kappa shape index (κ2) is 3.74. The van der Waals surface area contributed by atoms with Crippen molar-refractivity contribution in [2.45, 2.75) is 11.5 Å². The first-order valence-electron chi connectivity index (χ1n) is 3.52. The maximum absolute atomic E-state index is 12.6. The van der Waals surface area contributed by atoms with Gasteiger partial charge in [0.1, 0.15) is 0 Å². The molecule has 78 valence electrons. The van der Waals surface area contributed by atoms with Crippen LogP contribution in [-0.2, 0) is 0 Å². The minimum Gasteiger partial charge on any atom is -0.381 e. The molecule has 6 heteroatoms. The van der Waals surface area contributed by atoms with Crippen molar-refractivity contribution in [3.8, 4) is 0 Å². The predicted molar refractivity (Wildman–Crippen MR) is 42.1 cm³/mol. The molecule has 0 aliphatic heterocycles. The molecule has 0 aliphatic rings. The van der Waals surface area contributed by atoms with Gasteiger partial charge < -0.3 is 5.11 Å². The fraction of sp³-hybridized carbons (Fsp3) is 0.250. The van der Waals surface area contributed by atoms with Crippen LogP contribution in [0.2, 0.25) is 0 Å². The third kappa shape index (κ3) is 2.36. The van der Waals surface area contributed by atoms with E-state index in [0.29, 0.717) is 12.1 Å². The van der Waals surface area contributed by atoms with Crippen LogP contribution >= 0.6 is 11.6 Å². The average molecular weight is 229 g/mol. The first kappa shape index (κ1) is 11.3. The molecule has 0 amide bonds. The summed E-state index contributed by atoms with van der Waals surface area (Å²) in [7, 11) is 0. The Labute approximate surface area is 81.9 Å². The van der Waals surface area contributed by atoms with E-state index in [1.807, 2.05) is 0 Å². The maximum Gasteiger partial charge on any atom is 0.351 e. The van der Waals surface area contributed by atoms with Gasteiger partial charge in [-0.1, -0.05) is 6.07 Å². The van der Waals surface area contributed by atoms with Gasteiger partial charge in [0, 0.05) is 0 Å². The van der Waals surface area contributed by atoms with Crippen molar-refractivity contribution in [1.82, 2.24) is 0 Å². The van der Waals surface area contributed by atoms with E-state index in [2.05, 4.69) is 11.6 Å². The van der Waals surface area contributed by atoms with Crippen LogP contribution < -0.4 is 0 Å². The first-order valence-corrected chi connectivity index (χ1v) is 3.90. The van der Waals surface area contributed by atoms with Crippen molar-refractivity contribution in [1.29, 1.82) is 0 Å². The quantitative estimate of drug-likeness (QED) is 0.610. The lowest BCUT2D eigenvalue weighted by Crippen LogP contribution is -2.19. The highest BCUT2D eigenvalue weighted by molar-refractivity contribution is 6.22. The molecule has 0 aromatic heterocycles. The Balaban J connectivity index is 3.03. The smallest absolute Gasteiger partial charge is 0.351 e. The Morgan fingerprint density at radius 1 is 1.21 bits per heavy atom. The van der Waals surface area contributed by atoms with Gasteiger partial charge in [0.25, 0.3) is 0 Å². The van der Waals surface area contributed by atoms with Crippen LogP contribution in [0.3, 0.4) is 0 Å². The molecule has 1 rings (SSSR count). The molecule has 0 bridgehead atoms. The van der Waals surface area contributed by atoms with Crippen LogP contribution in [0.1, 0.15) is 11.7 Å². The highest BCUT2D eigenvalue weighted by Gasteiger charge is 2.37. The average Bonchev–Trinajstić information content (AvgIpc) is 2.07. The summed E-state index contributed by atoms with van der Waals surface area (Å²) in [5.41, 5.74) is -0.482. The summed E-state index contributed by atoms with van der Waals surface area (Å²) in [6.45, 7) is 0. The molecule has 1 aromatic rings. The van der Waals surface area contributed by atoms with Gasteiger partial charge in [-0.05, 0) is 29.3 Å². The minimum atomic E-state index is -3.91. The zero-order chi connectivity index (χ0) is 10.9. The molecule has 0 heterocycles. The van der Waals surface area contributed by atoms with Crippen molar-refractivity contribution in [3.63, 3.8) is 0 Å². The highest BCUT2D eigenvalue weighted by Crippen LogP contribution is 2.34. The topological polar surface area (TPSA) is 20.2 Å². The minimum absolute atomic E-state index is 0.469. The number of alkyl halides is 3. The van der Waals surface area contributed by atoms with Crippen molar-refractivity contribution in [3.05, 3.63) is 35.4 Å². The van der Waals surface area contributed by atoms with Crippen LogP contribution in [0.25, 0.3) is 0 Å². The van der Waals surface area contributed by atoms with E-state index < -0.39 is 28.7 Å². The van der Waals surface area contributed by atoms with Crippen LogP contribution in [0.4, 0.5) is 17.6 Å². The molecule has 1 atom stereocenters. The van der Waals surface area contributed by atoms with Gasteiger partial charge in [-0.15, -0.1) is 0 Å². The lowest BCUT2D eigenvalue weighted by molar-refractivity contribution is -0.0426. The van der Waals surface area contributed by atoms with Gasteiger partial charge >= 0.3 is 5.38 Å². The van der Waals surface area contributed by atoms with Gasteiger partial charge in [0.2, 0.25) is 0 Å². The fourth-order valence-electron chi connectivity index (χ4n) is 0.871. The third-order valence-electron chi connectivity index (χ3n) is 1.57. The number of hydrogen-bond donors (Lipinski definition) is 1. The molecule has 1 aromatic carbocycles. The van der Waals surface area contributed by atoms with Gasteiger partial charge in [0.05, 0.1) is 0 Å². The summed E-state index contributed by atoms with van der Waals surface area (Å²) in [4.78, 5) is 0. The molecule has 0 aliphatic carbocycles. The van der Waals surface area contributed by atoms with E-state index in [-0.39, 0.29) is 0 Å². The maximum atomic E-state index is 12.6. The fourth-order valence-corrected chi connectivity index (χ4v) is 0.997. The Kier molecular flexibility index (Phi) is 3.01. The normalized spacial score (nSPS) is 14.1. The standard InChI is InChI=1S/C8H5ClF4O/c9-8(12,13)7(14)4-1-2-5(10)6(11)3-4/h1-3,7,14H. The Morgan fingerprint density at radius 3 is 2.21 bits per heavy atom. The summed E-state index contributed by atoms with van der Waals surface area (Å²) in [5, 5.41) is 4.99. The molecule has 1 nitrogen and oxygen atoms in total. The van der Waals surface area contributed by atoms with E-state index in [9.17, 15) is 17.6 Å². The monoisotopic (exact) mass is 228 g/mol. The number of aliphatic hydroxyl groups excluding tert-OH is 1. The number of halogens is 5. The van der Waals surface area contributed by atoms with Gasteiger partial charge in [-0.2, -0.15) is 8.78 Å². The van der Waals surface area contributed by atoms with Crippen molar-refractivity contribution in [2.75, 3.05) is 0 Å². The van der Waals surface area contributed by atoms with E-state index in [1.165, 1.54) is 0 Å². The van der Waals surface area contributed by atoms with Gasteiger partial charge in [-0.3, -0.25) is 0 Å². The summed E-state index contributed by atoms with van der Waals surface area (Å²) in [5.74, 6) is -2.50. The summed E-state index contributed by atoms with van der Waals surface area (Å²) in [6, 6.07) is 1.94.